The minimum Gasteiger partial charge on any atom is -0.508 e. The van der Waals surface area contributed by atoms with Gasteiger partial charge in [-0.15, -0.1) is 11.3 Å². The van der Waals surface area contributed by atoms with Crippen LogP contribution in [-0.4, -0.2) is 23.0 Å². The maximum Gasteiger partial charge on any atom is 0.226 e. The summed E-state index contributed by atoms with van der Waals surface area (Å²) in [5, 5.41) is 11.4. The molecular formula is C17H19NO2S. The molecule has 0 aliphatic heterocycles. The number of aromatic hydroxyl groups is 1. The zero-order valence-electron chi connectivity index (χ0n) is 12.2. The van der Waals surface area contributed by atoms with Crippen LogP contribution in [0.25, 0.3) is 0 Å². The van der Waals surface area contributed by atoms with Crippen molar-refractivity contribution in [2.45, 2.75) is 25.8 Å². The molecule has 1 amide bonds. The molecule has 1 N–H and O–H groups in total. The van der Waals surface area contributed by atoms with Gasteiger partial charge in [-0.25, -0.2) is 0 Å². The van der Waals surface area contributed by atoms with Gasteiger partial charge in [0.05, 0.1) is 0 Å². The average Bonchev–Trinajstić information content (AvgIpc) is 3.15. The number of thiophene rings is 1. The molecule has 1 aliphatic rings. The number of hydrogen-bond donors (Lipinski definition) is 1. The average molecular weight is 301 g/mol. The van der Waals surface area contributed by atoms with Crippen LogP contribution in [0.1, 0.15) is 28.3 Å². The summed E-state index contributed by atoms with van der Waals surface area (Å²) < 4.78 is 0. The second kappa shape index (κ2) is 5.53. The molecule has 0 radical (unpaired) electrons. The zero-order chi connectivity index (χ0) is 15.0. The minimum atomic E-state index is 0.143. The van der Waals surface area contributed by atoms with Gasteiger partial charge in [0.15, 0.2) is 0 Å². The highest BCUT2D eigenvalue weighted by Gasteiger charge is 2.46. The van der Waals surface area contributed by atoms with Crippen LogP contribution in [0.4, 0.5) is 0 Å². The molecule has 1 aromatic carbocycles. The van der Waals surface area contributed by atoms with E-state index < -0.39 is 0 Å². The van der Waals surface area contributed by atoms with Crippen molar-refractivity contribution in [2.24, 2.45) is 5.92 Å². The van der Waals surface area contributed by atoms with Gasteiger partial charge in [0.25, 0.3) is 0 Å². The largest absolute Gasteiger partial charge is 0.508 e. The Balaban J connectivity index is 1.61. The lowest BCUT2D eigenvalue weighted by Gasteiger charge is -2.17. The van der Waals surface area contributed by atoms with Crippen LogP contribution < -0.4 is 0 Å². The maximum absolute atomic E-state index is 12.5. The molecule has 3 nitrogen and oxygen atoms in total. The van der Waals surface area contributed by atoms with Crippen LogP contribution in [0.3, 0.4) is 0 Å². The van der Waals surface area contributed by atoms with Gasteiger partial charge < -0.3 is 10.0 Å². The monoisotopic (exact) mass is 301 g/mol. The van der Waals surface area contributed by atoms with Gasteiger partial charge in [-0.2, -0.15) is 0 Å². The van der Waals surface area contributed by atoms with Crippen LogP contribution in [0.2, 0.25) is 0 Å². The molecule has 3 rings (SSSR count). The molecule has 0 unspecified atom stereocenters. The first-order valence-electron chi connectivity index (χ1n) is 7.13. The second-order valence-electron chi connectivity index (χ2n) is 5.78. The standard InChI is InChI=1S/C17H19NO2S/c1-11-7-8-21-16(11)14-9-15(14)17(20)18(2)10-12-3-5-13(19)6-4-12/h3-8,14-15,19H,9-10H2,1-2H3/t14-,15+/m0/s1. The van der Waals surface area contributed by atoms with E-state index in [1.165, 1.54) is 10.4 Å². The number of phenols is 1. The Kier molecular flexibility index (Phi) is 3.72. The maximum atomic E-state index is 12.5. The predicted molar refractivity (Wildman–Crippen MR) is 84.5 cm³/mol. The van der Waals surface area contributed by atoms with Crippen LogP contribution in [-0.2, 0) is 11.3 Å². The first-order valence-corrected chi connectivity index (χ1v) is 8.01. The van der Waals surface area contributed by atoms with Crippen molar-refractivity contribution in [3.63, 3.8) is 0 Å². The van der Waals surface area contributed by atoms with Crippen LogP contribution in [0.15, 0.2) is 35.7 Å². The van der Waals surface area contributed by atoms with E-state index in [0.717, 1.165) is 12.0 Å². The number of nitrogens with zero attached hydrogens (tertiary/aromatic N) is 1. The second-order valence-corrected chi connectivity index (χ2v) is 6.72. The van der Waals surface area contributed by atoms with Crippen molar-refractivity contribution in [1.82, 2.24) is 4.90 Å². The Labute approximate surface area is 128 Å². The van der Waals surface area contributed by atoms with Crippen LogP contribution in [0.5, 0.6) is 5.75 Å². The third-order valence-corrected chi connectivity index (χ3v) is 5.23. The fraction of sp³-hybridized carbons (Fsp3) is 0.353. The molecule has 110 valence electrons. The highest BCUT2D eigenvalue weighted by molar-refractivity contribution is 7.10. The van der Waals surface area contributed by atoms with Gasteiger partial charge >= 0.3 is 0 Å². The number of phenolic OH excluding ortho intramolecular Hbond substituents is 1. The van der Waals surface area contributed by atoms with Gasteiger partial charge in [-0.3, -0.25) is 4.79 Å². The lowest BCUT2D eigenvalue weighted by atomic mass is 10.1. The Hall–Kier alpha value is -1.81. The number of hydrogen-bond acceptors (Lipinski definition) is 3. The smallest absolute Gasteiger partial charge is 0.226 e. The first kappa shape index (κ1) is 14.1. The molecule has 0 spiro atoms. The normalized spacial score (nSPS) is 20.3. The number of carbonyl (C=O) groups is 1. The topological polar surface area (TPSA) is 40.5 Å². The summed E-state index contributed by atoms with van der Waals surface area (Å²) in [5.74, 6) is 1.04. The Bertz CT molecular complexity index is 647. The molecule has 0 saturated heterocycles. The SMILES string of the molecule is Cc1ccsc1[C@H]1C[C@H]1C(=O)N(C)Cc1ccc(O)cc1. The summed E-state index contributed by atoms with van der Waals surface area (Å²) in [5.41, 5.74) is 2.34. The fourth-order valence-electron chi connectivity index (χ4n) is 2.76. The number of rotatable bonds is 4. The number of benzene rings is 1. The van der Waals surface area contributed by atoms with Crippen LogP contribution in [0, 0.1) is 12.8 Å². The quantitative estimate of drug-likeness (QED) is 0.938. The van der Waals surface area contributed by atoms with Crippen LogP contribution >= 0.6 is 11.3 Å². The number of aryl methyl sites for hydroxylation is 1. The van der Waals surface area contributed by atoms with Crippen molar-refractivity contribution in [1.29, 1.82) is 0 Å². The van der Waals surface area contributed by atoms with Crippen molar-refractivity contribution >= 4 is 17.2 Å². The summed E-state index contributed by atoms with van der Waals surface area (Å²) in [6, 6.07) is 9.14. The van der Waals surface area contributed by atoms with E-state index in [1.54, 1.807) is 28.4 Å². The Morgan fingerprint density at radius 1 is 1.33 bits per heavy atom. The fourth-order valence-corrected chi connectivity index (χ4v) is 3.87. The lowest BCUT2D eigenvalue weighted by molar-refractivity contribution is -0.131. The molecule has 1 heterocycles. The van der Waals surface area contributed by atoms with E-state index in [1.807, 2.05) is 19.2 Å². The first-order chi connectivity index (χ1) is 10.1. The minimum absolute atomic E-state index is 0.143. The molecule has 2 atom stereocenters. The molecule has 1 aromatic heterocycles. The molecule has 1 fully saturated rings. The van der Waals surface area contributed by atoms with Gasteiger partial charge in [-0.05, 0) is 48.1 Å². The van der Waals surface area contributed by atoms with E-state index >= 15 is 0 Å². The summed E-state index contributed by atoms with van der Waals surface area (Å²) in [7, 11) is 1.85. The molecule has 1 saturated carbocycles. The Morgan fingerprint density at radius 3 is 2.67 bits per heavy atom. The van der Waals surface area contributed by atoms with Crippen molar-refractivity contribution < 1.29 is 9.90 Å². The summed E-state index contributed by atoms with van der Waals surface area (Å²) in [6.07, 6.45) is 0.972. The highest BCUT2D eigenvalue weighted by Crippen LogP contribution is 2.51. The van der Waals surface area contributed by atoms with Crippen molar-refractivity contribution in [3.05, 3.63) is 51.7 Å². The highest BCUT2D eigenvalue weighted by atomic mass is 32.1. The number of carbonyl (C=O) groups excluding carboxylic acids is 1. The van der Waals surface area contributed by atoms with E-state index in [9.17, 15) is 9.90 Å². The third-order valence-electron chi connectivity index (χ3n) is 4.08. The lowest BCUT2D eigenvalue weighted by Crippen LogP contribution is -2.28. The molecular weight excluding hydrogens is 282 g/mol. The van der Waals surface area contributed by atoms with Gasteiger partial charge in [0.2, 0.25) is 5.91 Å². The summed E-state index contributed by atoms with van der Waals surface area (Å²) >= 11 is 1.76. The van der Waals surface area contributed by atoms with E-state index in [4.69, 9.17) is 0 Å². The Morgan fingerprint density at radius 2 is 2.05 bits per heavy atom. The van der Waals surface area contributed by atoms with Crippen molar-refractivity contribution in [2.75, 3.05) is 7.05 Å². The van der Waals surface area contributed by atoms with Crippen molar-refractivity contribution in [3.8, 4) is 5.75 Å². The van der Waals surface area contributed by atoms with E-state index in [-0.39, 0.29) is 17.6 Å². The summed E-state index contributed by atoms with van der Waals surface area (Å²) in [6.45, 7) is 2.71. The van der Waals surface area contributed by atoms with Gasteiger partial charge in [0.1, 0.15) is 5.75 Å². The predicted octanol–water partition coefficient (Wildman–Crippen LogP) is 3.52. The molecule has 1 aliphatic carbocycles. The molecule has 4 heteroatoms. The molecule has 0 bridgehead atoms. The van der Waals surface area contributed by atoms with Gasteiger partial charge in [-0.1, -0.05) is 12.1 Å². The molecule has 2 aromatic rings. The third kappa shape index (κ3) is 2.95. The zero-order valence-corrected chi connectivity index (χ0v) is 13.1. The molecule has 21 heavy (non-hydrogen) atoms. The van der Waals surface area contributed by atoms with E-state index in [2.05, 4.69) is 18.4 Å². The summed E-state index contributed by atoms with van der Waals surface area (Å²) in [4.78, 5) is 15.6. The van der Waals surface area contributed by atoms with E-state index in [0.29, 0.717) is 12.5 Å². The number of amides is 1. The van der Waals surface area contributed by atoms with Gasteiger partial charge in [0, 0.05) is 30.3 Å².